The van der Waals surface area contributed by atoms with Gasteiger partial charge in [0, 0.05) is 46.1 Å². The molecule has 0 spiro atoms. The number of anilines is 3. The molecule has 1 aliphatic rings. The molecule has 1 aliphatic heterocycles. The average molecular weight is 552 g/mol. The molecule has 0 saturated carbocycles. The van der Waals surface area contributed by atoms with Crippen LogP contribution in [0.3, 0.4) is 0 Å². The predicted molar refractivity (Wildman–Crippen MR) is 151 cm³/mol. The Morgan fingerprint density at radius 3 is 2.32 bits per heavy atom. The van der Waals surface area contributed by atoms with E-state index in [0.717, 1.165) is 5.56 Å². The zero-order chi connectivity index (χ0) is 27.2. The second kappa shape index (κ2) is 12.2. The maximum absolute atomic E-state index is 12.9. The van der Waals surface area contributed by atoms with Gasteiger partial charge in [0.05, 0.1) is 5.02 Å². The van der Waals surface area contributed by atoms with Crippen LogP contribution < -0.4 is 16.0 Å². The zero-order valence-corrected chi connectivity index (χ0v) is 22.4. The van der Waals surface area contributed by atoms with Gasteiger partial charge in [-0.1, -0.05) is 67.4 Å². The van der Waals surface area contributed by atoms with Crippen LogP contribution in [0.4, 0.5) is 17.1 Å². The van der Waals surface area contributed by atoms with E-state index in [1.807, 2.05) is 44.2 Å². The number of esters is 1. The SMILES string of the molecule is CC(C)C(=O)Nc1ccc(NC(=O)/C=C2\CC(C(=O)OCc3ccccc3)Nc3cc(Cl)cc(Cl)c32)cc1. The topological polar surface area (TPSA) is 96.5 Å². The number of hydrogen-bond donors (Lipinski definition) is 3. The number of ether oxygens (including phenoxy) is 1. The van der Waals surface area contributed by atoms with E-state index in [2.05, 4.69) is 16.0 Å². The van der Waals surface area contributed by atoms with E-state index in [1.54, 1.807) is 36.4 Å². The molecule has 0 saturated heterocycles. The zero-order valence-electron chi connectivity index (χ0n) is 20.9. The van der Waals surface area contributed by atoms with Gasteiger partial charge in [-0.25, -0.2) is 4.79 Å². The fourth-order valence-corrected chi connectivity index (χ4v) is 4.55. The van der Waals surface area contributed by atoms with Gasteiger partial charge in [-0.15, -0.1) is 0 Å². The summed E-state index contributed by atoms with van der Waals surface area (Å²) in [5.41, 5.74) is 3.76. The highest BCUT2D eigenvalue weighted by molar-refractivity contribution is 6.36. The monoisotopic (exact) mass is 551 g/mol. The lowest BCUT2D eigenvalue weighted by atomic mass is 9.91. The van der Waals surface area contributed by atoms with E-state index in [9.17, 15) is 14.4 Å². The molecule has 0 aromatic heterocycles. The van der Waals surface area contributed by atoms with Gasteiger partial charge in [0.15, 0.2) is 0 Å². The Morgan fingerprint density at radius 1 is 1.00 bits per heavy atom. The number of amides is 2. The predicted octanol–water partition coefficient (Wildman–Crippen LogP) is 6.54. The largest absolute Gasteiger partial charge is 0.459 e. The summed E-state index contributed by atoms with van der Waals surface area (Å²) in [7, 11) is 0. The molecular formula is C29H27Cl2N3O4. The third kappa shape index (κ3) is 6.94. The van der Waals surface area contributed by atoms with Crippen LogP contribution in [0.15, 0.2) is 72.8 Å². The summed E-state index contributed by atoms with van der Waals surface area (Å²) in [5, 5.41) is 9.52. The summed E-state index contributed by atoms with van der Waals surface area (Å²) >= 11 is 12.7. The van der Waals surface area contributed by atoms with Crippen molar-refractivity contribution in [2.45, 2.75) is 32.9 Å². The molecule has 1 atom stereocenters. The van der Waals surface area contributed by atoms with Crippen LogP contribution >= 0.6 is 23.2 Å². The fourth-order valence-electron chi connectivity index (χ4n) is 3.94. The lowest BCUT2D eigenvalue weighted by Gasteiger charge is -2.28. The molecule has 196 valence electrons. The van der Waals surface area contributed by atoms with Crippen molar-refractivity contribution in [1.29, 1.82) is 0 Å². The van der Waals surface area contributed by atoms with Gasteiger partial charge < -0.3 is 20.7 Å². The molecule has 2 amide bonds. The number of carbonyl (C=O) groups excluding carboxylic acids is 3. The first-order valence-electron chi connectivity index (χ1n) is 12.1. The molecule has 7 nitrogen and oxygen atoms in total. The molecule has 3 aromatic carbocycles. The Balaban J connectivity index is 1.51. The average Bonchev–Trinajstić information content (AvgIpc) is 2.88. The first-order valence-corrected chi connectivity index (χ1v) is 12.8. The highest BCUT2D eigenvalue weighted by Crippen LogP contribution is 2.40. The molecular weight excluding hydrogens is 525 g/mol. The molecule has 3 N–H and O–H groups in total. The van der Waals surface area contributed by atoms with Gasteiger partial charge in [0.25, 0.3) is 0 Å². The minimum Gasteiger partial charge on any atom is -0.459 e. The van der Waals surface area contributed by atoms with Crippen LogP contribution in [0.1, 0.15) is 31.4 Å². The van der Waals surface area contributed by atoms with Crippen molar-refractivity contribution >= 4 is 63.6 Å². The van der Waals surface area contributed by atoms with Gasteiger partial charge in [-0.3, -0.25) is 9.59 Å². The minimum absolute atomic E-state index is 0.0927. The minimum atomic E-state index is -0.733. The number of carbonyl (C=O) groups is 3. The van der Waals surface area contributed by atoms with Gasteiger partial charge in [-0.05, 0) is 47.5 Å². The summed E-state index contributed by atoms with van der Waals surface area (Å²) in [6.07, 6.45) is 1.61. The first kappa shape index (κ1) is 27.2. The Bertz CT molecular complexity index is 1370. The normalized spacial score (nSPS) is 15.4. The van der Waals surface area contributed by atoms with Gasteiger partial charge in [-0.2, -0.15) is 0 Å². The van der Waals surface area contributed by atoms with Crippen molar-refractivity contribution in [3.8, 4) is 0 Å². The molecule has 0 bridgehead atoms. The van der Waals surface area contributed by atoms with Crippen LogP contribution in [0.2, 0.25) is 10.0 Å². The molecule has 0 radical (unpaired) electrons. The fraction of sp³-hybridized carbons (Fsp3) is 0.207. The summed E-state index contributed by atoms with van der Waals surface area (Å²) < 4.78 is 5.52. The van der Waals surface area contributed by atoms with Crippen LogP contribution in [0, 0.1) is 5.92 Å². The Kier molecular flexibility index (Phi) is 8.71. The number of nitrogens with one attached hydrogen (secondary N) is 3. The van der Waals surface area contributed by atoms with Crippen LogP contribution in [0.25, 0.3) is 5.57 Å². The van der Waals surface area contributed by atoms with Crippen molar-refractivity contribution < 1.29 is 19.1 Å². The van der Waals surface area contributed by atoms with Crippen molar-refractivity contribution in [2.75, 3.05) is 16.0 Å². The number of benzene rings is 3. The Morgan fingerprint density at radius 2 is 1.66 bits per heavy atom. The smallest absolute Gasteiger partial charge is 0.329 e. The maximum atomic E-state index is 12.9. The molecule has 1 unspecified atom stereocenters. The molecule has 0 aliphatic carbocycles. The van der Waals surface area contributed by atoms with Crippen molar-refractivity contribution in [3.05, 3.63) is 94.0 Å². The van der Waals surface area contributed by atoms with Gasteiger partial charge in [0.2, 0.25) is 11.8 Å². The van der Waals surface area contributed by atoms with E-state index in [-0.39, 0.29) is 24.9 Å². The Hall–Kier alpha value is -3.81. The molecule has 1 heterocycles. The molecule has 9 heteroatoms. The molecule has 38 heavy (non-hydrogen) atoms. The number of halogens is 2. The summed E-state index contributed by atoms with van der Waals surface area (Å²) in [5.74, 6) is -1.09. The van der Waals surface area contributed by atoms with E-state index < -0.39 is 17.9 Å². The highest BCUT2D eigenvalue weighted by atomic mass is 35.5. The van der Waals surface area contributed by atoms with Crippen molar-refractivity contribution in [1.82, 2.24) is 0 Å². The van der Waals surface area contributed by atoms with E-state index >= 15 is 0 Å². The number of hydrogen-bond acceptors (Lipinski definition) is 5. The maximum Gasteiger partial charge on any atom is 0.329 e. The van der Waals surface area contributed by atoms with Crippen LogP contribution in [-0.4, -0.2) is 23.8 Å². The molecule has 4 rings (SSSR count). The van der Waals surface area contributed by atoms with E-state index in [1.165, 1.54) is 6.08 Å². The first-order chi connectivity index (χ1) is 18.2. The second-order valence-electron chi connectivity index (χ2n) is 9.18. The molecule has 0 fully saturated rings. The number of fused-ring (bicyclic) bond motifs is 1. The summed E-state index contributed by atoms with van der Waals surface area (Å²) in [6, 6.07) is 18.7. The summed E-state index contributed by atoms with van der Waals surface area (Å²) in [4.78, 5) is 37.7. The third-order valence-electron chi connectivity index (χ3n) is 5.89. The quantitative estimate of drug-likeness (QED) is 0.229. The lowest BCUT2D eigenvalue weighted by Crippen LogP contribution is -2.35. The highest BCUT2D eigenvalue weighted by Gasteiger charge is 2.30. The van der Waals surface area contributed by atoms with Gasteiger partial charge >= 0.3 is 5.97 Å². The van der Waals surface area contributed by atoms with Crippen LogP contribution in [0.5, 0.6) is 0 Å². The summed E-state index contributed by atoms with van der Waals surface area (Å²) in [6.45, 7) is 3.75. The Labute approximate surface area is 231 Å². The van der Waals surface area contributed by atoms with E-state index in [0.29, 0.717) is 38.2 Å². The second-order valence-corrected chi connectivity index (χ2v) is 10.0. The lowest BCUT2D eigenvalue weighted by molar-refractivity contribution is -0.145. The third-order valence-corrected chi connectivity index (χ3v) is 6.40. The molecule has 3 aromatic rings. The van der Waals surface area contributed by atoms with Crippen molar-refractivity contribution in [2.24, 2.45) is 5.92 Å². The number of rotatable bonds is 7. The van der Waals surface area contributed by atoms with Gasteiger partial charge in [0.1, 0.15) is 12.6 Å². The van der Waals surface area contributed by atoms with Crippen LogP contribution in [-0.2, 0) is 25.7 Å². The standard InChI is InChI=1S/C29H27Cl2N3O4/c1-17(2)28(36)33-22-10-8-21(9-11-22)32-26(35)13-19-12-25(29(37)38-16-18-6-4-3-5-7-18)34-24-15-20(30)14-23(31)27(19)24/h3-11,13-15,17,25,34H,12,16H2,1-2H3,(H,32,35)(H,33,36)/b19-13+. The van der Waals surface area contributed by atoms with Crippen molar-refractivity contribution in [3.63, 3.8) is 0 Å². The van der Waals surface area contributed by atoms with E-state index in [4.69, 9.17) is 27.9 Å².